The number of hydrogen-bond donors (Lipinski definition) is 3. The van der Waals surface area contributed by atoms with Gasteiger partial charge in [-0.2, -0.15) is 0 Å². The number of anilines is 1. The second-order valence-corrected chi connectivity index (χ2v) is 7.93. The lowest BCUT2D eigenvalue weighted by molar-refractivity contribution is 0.0938. The maximum Gasteiger partial charge on any atom is 0.257 e. The molecule has 3 aromatic rings. The topological polar surface area (TPSA) is 70.2 Å². The van der Waals surface area contributed by atoms with E-state index in [-0.39, 0.29) is 23.0 Å². The van der Waals surface area contributed by atoms with Crippen molar-refractivity contribution in [2.45, 2.75) is 13.0 Å². The van der Waals surface area contributed by atoms with Gasteiger partial charge in [-0.1, -0.05) is 58.4 Å². The normalized spacial score (nSPS) is 11.3. The number of carbonyl (C=O) groups excluding carboxylic acids is 2. The Hall–Kier alpha value is -3.03. The predicted molar refractivity (Wildman–Crippen MR) is 127 cm³/mol. The number of amides is 2. The number of halogens is 1. The Morgan fingerprint density at radius 2 is 1.53 bits per heavy atom. The third-order valence-electron chi connectivity index (χ3n) is 4.34. The molecule has 3 N–H and O–H groups in total. The number of carbonyl (C=O) groups is 2. The number of nitrogens with one attached hydrogen (secondary N) is 3. The van der Waals surface area contributed by atoms with Gasteiger partial charge < -0.3 is 10.6 Å². The van der Waals surface area contributed by atoms with Gasteiger partial charge in [0.15, 0.2) is 5.11 Å². The molecule has 30 heavy (non-hydrogen) atoms. The Kier molecular flexibility index (Phi) is 7.32. The molecule has 0 spiro atoms. The minimum atomic E-state index is -0.320. The van der Waals surface area contributed by atoms with E-state index < -0.39 is 0 Å². The minimum Gasteiger partial charge on any atom is -0.346 e. The van der Waals surface area contributed by atoms with Gasteiger partial charge in [-0.15, -0.1) is 0 Å². The first-order valence-electron chi connectivity index (χ1n) is 9.26. The number of rotatable bonds is 5. The zero-order valence-corrected chi connectivity index (χ0v) is 18.6. The summed E-state index contributed by atoms with van der Waals surface area (Å²) >= 11 is 8.57. The molecular formula is C23H20BrN3O2S. The van der Waals surface area contributed by atoms with Gasteiger partial charge in [-0.05, 0) is 61.1 Å². The lowest BCUT2D eigenvalue weighted by Crippen LogP contribution is -2.34. The molecule has 0 heterocycles. The van der Waals surface area contributed by atoms with Crippen LogP contribution < -0.4 is 16.0 Å². The molecule has 2 amide bonds. The average molecular weight is 482 g/mol. The maximum atomic E-state index is 12.6. The minimum absolute atomic E-state index is 0.124. The third-order valence-corrected chi connectivity index (χ3v) is 5.04. The summed E-state index contributed by atoms with van der Waals surface area (Å²) in [6, 6.07) is 23.6. The van der Waals surface area contributed by atoms with Gasteiger partial charge in [0.2, 0.25) is 0 Å². The van der Waals surface area contributed by atoms with E-state index >= 15 is 0 Å². The lowest BCUT2D eigenvalue weighted by atomic mass is 10.1. The van der Waals surface area contributed by atoms with Crippen LogP contribution in [-0.4, -0.2) is 16.9 Å². The van der Waals surface area contributed by atoms with Crippen molar-refractivity contribution in [2.24, 2.45) is 0 Å². The first-order valence-corrected chi connectivity index (χ1v) is 10.5. The van der Waals surface area contributed by atoms with E-state index in [4.69, 9.17) is 12.2 Å². The molecule has 0 bridgehead atoms. The highest BCUT2D eigenvalue weighted by Gasteiger charge is 2.13. The lowest BCUT2D eigenvalue weighted by Gasteiger charge is -2.15. The van der Waals surface area contributed by atoms with Crippen molar-refractivity contribution in [1.29, 1.82) is 0 Å². The molecular weight excluding hydrogens is 462 g/mol. The molecule has 1 unspecified atom stereocenters. The quantitative estimate of drug-likeness (QED) is 0.445. The van der Waals surface area contributed by atoms with Crippen molar-refractivity contribution in [1.82, 2.24) is 10.6 Å². The van der Waals surface area contributed by atoms with E-state index in [9.17, 15) is 9.59 Å². The summed E-state index contributed by atoms with van der Waals surface area (Å²) in [5.74, 6) is -0.515. The van der Waals surface area contributed by atoms with Gasteiger partial charge in [-0.25, -0.2) is 0 Å². The molecule has 7 heteroatoms. The van der Waals surface area contributed by atoms with Crippen LogP contribution in [0.4, 0.5) is 5.69 Å². The van der Waals surface area contributed by atoms with Crippen LogP contribution in [0.15, 0.2) is 83.3 Å². The fourth-order valence-electron chi connectivity index (χ4n) is 2.81. The summed E-state index contributed by atoms with van der Waals surface area (Å²) in [6.45, 7) is 1.93. The van der Waals surface area contributed by atoms with Gasteiger partial charge in [0, 0.05) is 21.3 Å². The highest BCUT2D eigenvalue weighted by Crippen LogP contribution is 2.15. The van der Waals surface area contributed by atoms with Crippen molar-refractivity contribution in [3.05, 3.63) is 100 Å². The molecule has 5 nitrogen and oxygen atoms in total. The molecule has 0 aliphatic heterocycles. The Balaban J connectivity index is 1.61. The van der Waals surface area contributed by atoms with E-state index in [2.05, 4.69) is 31.9 Å². The predicted octanol–water partition coefficient (Wildman–Crippen LogP) is 5.07. The van der Waals surface area contributed by atoms with E-state index in [0.717, 1.165) is 10.0 Å². The Bertz CT molecular complexity index is 1070. The van der Waals surface area contributed by atoms with Crippen LogP contribution in [0, 0.1) is 0 Å². The Morgan fingerprint density at radius 1 is 0.867 bits per heavy atom. The van der Waals surface area contributed by atoms with E-state index in [1.807, 2.05) is 43.3 Å². The van der Waals surface area contributed by atoms with Crippen molar-refractivity contribution in [3.63, 3.8) is 0 Å². The van der Waals surface area contributed by atoms with E-state index in [0.29, 0.717) is 16.8 Å². The molecule has 0 saturated carbocycles. The smallest absolute Gasteiger partial charge is 0.257 e. The summed E-state index contributed by atoms with van der Waals surface area (Å²) < 4.78 is 0.803. The number of thiocarbonyl (C=S) groups is 1. The molecule has 0 aliphatic carbocycles. The second-order valence-electron chi connectivity index (χ2n) is 6.61. The average Bonchev–Trinajstić information content (AvgIpc) is 2.74. The van der Waals surface area contributed by atoms with Gasteiger partial charge in [0.05, 0.1) is 6.04 Å². The SMILES string of the molecule is CC(NC(=O)c1cccc(NC(=S)NC(=O)c2cccc(Br)c2)c1)c1ccccc1. The fourth-order valence-corrected chi connectivity index (χ4v) is 3.42. The molecule has 0 radical (unpaired) electrons. The van der Waals surface area contributed by atoms with Gasteiger partial charge in [-0.3, -0.25) is 14.9 Å². The van der Waals surface area contributed by atoms with Crippen LogP contribution in [0.5, 0.6) is 0 Å². The molecule has 152 valence electrons. The Labute approximate surface area is 189 Å². The van der Waals surface area contributed by atoms with Crippen LogP contribution in [0.2, 0.25) is 0 Å². The first kappa shape index (κ1) is 21.7. The molecule has 0 aromatic heterocycles. The van der Waals surface area contributed by atoms with Crippen LogP contribution >= 0.6 is 28.1 Å². The molecule has 0 fully saturated rings. The maximum absolute atomic E-state index is 12.6. The number of benzene rings is 3. The summed E-state index contributed by atoms with van der Waals surface area (Å²) in [7, 11) is 0. The highest BCUT2D eigenvalue weighted by atomic mass is 79.9. The van der Waals surface area contributed by atoms with Crippen molar-refractivity contribution >= 4 is 50.8 Å². The van der Waals surface area contributed by atoms with Crippen molar-refractivity contribution < 1.29 is 9.59 Å². The van der Waals surface area contributed by atoms with Crippen LogP contribution in [0.1, 0.15) is 39.2 Å². The van der Waals surface area contributed by atoms with Crippen LogP contribution in [-0.2, 0) is 0 Å². The summed E-state index contributed by atoms with van der Waals surface area (Å²) in [4.78, 5) is 24.9. The zero-order valence-electron chi connectivity index (χ0n) is 16.2. The van der Waals surface area contributed by atoms with Gasteiger partial charge in [0.1, 0.15) is 0 Å². The summed E-state index contributed by atoms with van der Waals surface area (Å²) in [6.07, 6.45) is 0. The molecule has 0 aliphatic rings. The number of hydrogen-bond acceptors (Lipinski definition) is 3. The van der Waals surface area contributed by atoms with Crippen LogP contribution in [0.3, 0.4) is 0 Å². The summed E-state index contributed by atoms with van der Waals surface area (Å²) in [5, 5.41) is 8.71. The fraction of sp³-hybridized carbons (Fsp3) is 0.0870. The zero-order chi connectivity index (χ0) is 21.5. The second kappa shape index (κ2) is 10.1. The Morgan fingerprint density at radius 3 is 2.23 bits per heavy atom. The van der Waals surface area contributed by atoms with Crippen molar-refractivity contribution in [2.75, 3.05) is 5.32 Å². The van der Waals surface area contributed by atoms with Crippen LogP contribution in [0.25, 0.3) is 0 Å². The standard InChI is InChI=1S/C23H20BrN3O2S/c1-15(16-7-3-2-4-8-16)25-21(28)18-10-6-12-20(14-18)26-23(30)27-22(29)17-9-5-11-19(24)13-17/h2-15H,1H3,(H,25,28)(H2,26,27,29,30). The molecule has 3 rings (SSSR count). The monoisotopic (exact) mass is 481 g/mol. The van der Waals surface area contributed by atoms with Gasteiger partial charge in [0.25, 0.3) is 11.8 Å². The molecule has 3 aromatic carbocycles. The highest BCUT2D eigenvalue weighted by molar-refractivity contribution is 9.10. The molecule has 1 atom stereocenters. The first-order chi connectivity index (χ1) is 14.4. The largest absolute Gasteiger partial charge is 0.346 e. The van der Waals surface area contributed by atoms with E-state index in [1.54, 1.807) is 42.5 Å². The van der Waals surface area contributed by atoms with E-state index in [1.165, 1.54) is 0 Å². The van der Waals surface area contributed by atoms with Crippen molar-refractivity contribution in [3.8, 4) is 0 Å². The molecule has 0 saturated heterocycles. The summed E-state index contributed by atoms with van der Waals surface area (Å²) in [5.41, 5.74) is 2.60. The van der Waals surface area contributed by atoms with Gasteiger partial charge >= 0.3 is 0 Å². The third kappa shape index (κ3) is 5.98.